The van der Waals surface area contributed by atoms with Gasteiger partial charge in [-0.15, -0.1) is 0 Å². The van der Waals surface area contributed by atoms with Crippen LogP contribution in [-0.2, 0) is 6.54 Å². The summed E-state index contributed by atoms with van der Waals surface area (Å²) in [6.45, 7) is 1.09. The molecule has 0 saturated heterocycles. The summed E-state index contributed by atoms with van der Waals surface area (Å²) in [6, 6.07) is 6.35. The van der Waals surface area contributed by atoms with Gasteiger partial charge in [-0.05, 0) is 30.7 Å². The van der Waals surface area contributed by atoms with Crippen LogP contribution in [0.25, 0.3) is 0 Å². The first kappa shape index (κ1) is 18.3. The summed E-state index contributed by atoms with van der Waals surface area (Å²) in [5, 5.41) is 21.9. The number of nitro benzene ring substituents is 1. The molecule has 0 atom stereocenters. The minimum Gasteiger partial charge on any atom is -0.496 e. The van der Waals surface area contributed by atoms with Crippen molar-refractivity contribution < 1.29 is 19.4 Å². The number of nitrogens with zero attached hydrogens (tertiary/aromatic N) is 2. The maximum absolute atomic E-state index is 12.8. The summed E-state index contributed by atoms with van der Waals surface area (Å²) in [5.74, 6) is -0.227. The molecule has 0 amide bonds. The fourth-order valence-electron chi connectivity index (χ4n) is 2.38. The first-order chi connectivity index (χ1) is 11.7. The maximum atomic E-state index is 12.8. The number of halogens is 1. The summed E-state index contributed by atoms with van der Waals surface area (Å²) in [7, 11) is 1.41. The Morgan fingerprint density at radius 3 is 2.40 bits per heavy atom. The zero-order valence-electron chi connectivity index (χ0n) is 13.3. The predicted octanol–water partition coefficient (Wildman–Crippen LogP) is 3.57. The highest BCUT2D eigenvalue weighted by Crippen LogP contribution is 2.29. The standard InChI is InChI=1S/C16H13ClN2O6/c1-9-5-12(10(8-18(21)22)6-15(9)25-2)16(20)13-7-11(19(23)24)3-4-14(13)17/h3-7H,8H2,1-2H3. The second kappa shape index (κ2) is 7.27. The molecule has 0 aliphatic rings. The van der Waals surface area contributed by atoms with Crippen molar-refractivity contribution in [2.75, 3.05) is 7.11 Å². The summed E-state index contributed by atoms with van der Waals surface area (Å²) < 4.78 is 5.13. The molecule has 0 aliphatic heterocycles. The number of non-ortho nitro benzene ring substituents is 1. The van der Waals surface area contributed by atoms with Crippen LogP contribution in [0, 0.1) is 27.2 Å². The van der Waals surface area contributed by atoms with E-state index in [0.29, 0.717) is 11.3 Å². The van der Waals surface area contributed by atoms with Gasteiger partial charge in [0.2, 0.25) is 6.54 Å². The van der Waals surface area contributed by atoms with Crippen molar-refractivity contribution in [1.29, 1.82) is 0 Å². The molecule has 0 fully saturated rings. The maximum Gasteiger partial charge on any atom is 0.270 e. The topological polar surface area (TPSA) is 113 Å². The molecule has 0 radical (unpaired) electrons. The van der Waals surface area contributed by atoms with E-state index in [4.69, 9.17) is 16.3 Å². The lowest BCUT2D eigenvalue weighted by molar-refractivity contribution is -0.496. The third-order valence-electron chi connectivity index (χ3n) is 3.57. The Morgan fingerprint density at radius 2 is 1.84 bits per heavy atom. The van der Waals surface area contributed by atoms with Gasteiger partial charge in [-0.2, -0.15) is 0 Å². The highest BCUT2D eigenvalue weighted by atomic mass is 35.5. The number of nitro groups is 2. The third kappa shape index (κ3) is 3.92. The molecule has 2 aromatic rings. The second-order valence-electron chi connectivity index (χ2n) is 5.22. The van der Waals surface area contributed by atoms with Crippen LogP contribution >= 0.6 is 11.6 Å². The number of hydrogen-bond acceptors (Lipinski definition) is 6. The number of ketones is 1. The van der Waals surface area contributed by atoms with E-state index in [2.05, 4.69) is 0 Å². The predicted molar refractivity (Wildman–Crippen MR) is 90.0 cm³/mol. The molecular weight excluding hydrogens is 352 g/mol. The average molecular weight is 365 g/mol. The van der Waals surface area contributed by atoms with E-state index in [1.807, 2.05) is 0 Å². The molecule has 2 aromatic carbocycles. The number of hydrogen-bond donors (Lipinski definition) is 0. The van der Waals surface area contributed by atoms with Crippen molar-refractivity contribution in [1.82, 2.24) is 0 Å². The van der Waals surface area contributed by atoms with Gasteiger partial charge in [0.25, 0.3) is 5.69 Å². The van der Waals surface area contributed by atoms with E-state index in [9.17, 15) is 25.0 Å². The number of carbonyl (C=O) groups excluding carboxylic acids is 1. The first-order valence-electron chi connectivity index (χ1n) is 7.02. The fraction of sp³-hybridized carbons (Fsp3) is 0.188. The molecule has 8 nitrogen and oxygen atoms in total. The Balaban J connectivity index is 2.62. The molecule has 0 N–H and O–H groups in total. The molecule has 0 aromatic heterocycles. The lowest BCUT2D eigenvalue weighted by Gasteiger charge is -2.12. The molecule has 130 valence electrons. The molecule has 0 unspecified atom stereocenters. The van der Waals surface area contributed by atoms with E-state index in [1.165, 1.54) is 31.4 Å². The average Bonchev–Trinajstić information content (AvgIpc) is 2.55. The summed E-state index contributed by atoms with van der Waals surface area (Å²) >= 11 is 6.00. The van der Waals surface area contributed by atoms with Gasteiger partial charge in [-0.25, -0.2) is 0 Å². The van der Waals surface area contributed by atoms with Gasteiger partial charge < -0.3 is 4.74 Å². The highest BCUT2D eigenvalue weighted by Gasteiger charge is 2.23. The Bertz CT molecular complexity index is 881. The Hall–Kier alpha value is -3.00. The van der Waals surface area contributed by atoms with Crippen LogP contribution in [0.1, 0.15) is 27.0 Å². The SMILES string of the molecule is COc1cc(C[N+](=O)[O-])c(C(=O)c2cc([N+](=O)[O-])ccc2Cl)cc1C. The van der Waals surface area contributed by atoms with E-state index < -0.39 is 22.2 Å². The van der Waals surface area contributed by atoms with Gasteiger partial charge in [0.05, 0.1) is 17.1 Å². The number of methoxy groups -OCH3 is 1. The molecule has 0 saturated carbocycles. The van der Waals surface area contributed by atoms with Crippen LogP contribution in [0.5, 0.6) is 5.75 Å². The summed E-state index contributed by atoms with van der Waals surface area (Å²) in [4.78, 5) is 33.4. The number of rotatable bonds is 6. The van der Waals surface area contributed by atoms with Crippen LogP contribution in [0.2, 0.25) is 5.02 Å². The van der Waals surface area contributed by atoms with Gasteiger partial charge in [0.1, 0.15) is 5.75 Å². The van der Waals surface area contributed by atoms with Crippen LogP contribution < -0.4 is 4.74 Å². The van der Waals surface area contributed by atoms with E-state index in [1.54, 1.807) is 6.92 Å². The Labute approximate surface area is 147 Å². The van der Waals surface area contributed by atoms with Gasteiger partial charge in [0, 0.05) is 33.7 Å². The molecule has 0 aliphatic carbocycles. The van der Waals surface area contributed by atoms with Gasteiger partial charge in [0.15, 0.2) is 5.78 Å². The lowest BCUT2D eigenvalue weighted by atomic mass is 9.95. The zero-order valence-corrected chi connectivity index (χ0v) is 14.1. The first-order valence-corrected chi connectivity index (χ1v) is 7.40. The Kier molecular flexibility index (Phi) is 5.33. The van der Waals surface area contributed by atoms with Crippen molar-refractivity contribution in [2.45, 2.75) is 13.5 Å². The highest BCUT2D eigenvalue weighted by molar-refractivity contribution is 6.35. The minimum atomic E-state index is -0.648. The molecule has 25 heavy (non-hydrogen) atoms. The van der Waals surface area contributed by atoms with Crippen LogP contribution in [0.15, 0.2) is 30.3 Å². The Morgan fingerprint density at radius 1 is 1.16 bits per heavy atom. The van der Waals surface area contributed by atoms with E-state index in [0.717, 1.165) is 6.07 Å². The van der Waals surface area contributed by atoms with Gasteiger partial charge >= 0.3 is 0 Å². The summed E-state index contributed by atoms with van der Waals surface area (Å²) in [6.07, 6.45) is 0. The van der Waals surface area contributed by atoms with Gasteiger partial charge in [-0.1, -0.05) is 11.6 Å². The van der Waals surface area contributed by atoms with Crippen LogP contribution in [0.3, 0.4) is 0 Å². The molecule has 0 heterocycles. The lowest BCUT2D eigenvalue weighted by Crippen LogP contribution is -2.11. The van der Waals surface area contributed by atoms with Crippen molar-refractivity contribution in [2.24, 2.45) is 0 Å². The summed E-state index contributed by atoms with van der Waals surface area (Å²) in [5.41, 5.74) is 0.399. The van der Waals surface area contributed by atoms with Gasteiger partial charge in [-0.3, -0.25) is 25.0 Å². The zero-order chi connectivity index (χ0) is 18.7. The monoisotopic (exact) mass is 364 g/mol. The second-order valence-corrected chi connectivity index (χ2v) is 5.63. The van der Waals surface area contributed by atoms with E-state index >= 15 is 0 Å². The molecule has 9 heteroatoms. The smallest absolute Gasteiger partial charge is 0.270 e. The largest absolute Gasteiger partial charge is 0.496 e. The number of ether oxygens (including phenoxy) is 1. The third-order valence-corrected chi connectivity index (χ3v) is 3.90. The number of aryl methyl sites for hydroxylation is 1. The normalized spacial score (nSPS) is 10.4. The van der Waals surface area contributed by atoms with Crippen molar-refractivity contribution >= 4 is 23.1 Å². The fourth-order valence-corrected chi connectivity index (χ4v) is 2.58. The van der Waals surface area contributed by atoms with Crippen molar-refractivity contribution in [3.05, 3.63) is 77.8 Å². The number of carbonyl (C=O) groups is 1. The molecular formula is C16H13ClN2O6. The molecule has 2 rings (SSSR count). The van der Waals surface area contributed by atoms with Crippen molar-refractivity contribution in [3.8, 4) is 5.75 Å². The molecule has 0 spiro atoms. The van der Waals surface area contributed by atoms with E-state index in [-0.39, 0.29) is 27.4 Å². The molecule has 0 bridgehead atoms. The quantitative estimate of drug-likeness (QED) is 0.440. The van der Waals surface area contributed by atoms with Crippen LogP contribution in [-0.4, -0.2) is 22.7 Å². The van der Waals surface area contributed by atoms with Crippen LogP contribution in [0.4, 0.5) is 5.69 Å². The number of benzene rings is 2. The van der Waals surface area contributed by atoms with Crippen molar-refractivity contribution in [3.63, 3.8) is 0 Å². The minimum absolute atomic E-state index is 0.0242.